The minimum absolute atomic E-state index is 0.0293. The van der Waals surface area contributed by atoms with E-state index in [1.807, 2.05) is 0 Å². The molecule has 22 heavy (non-hydrogen) atoms. The average Bonchev–Trinajstić information content (AvgIpc) is 3.04. The van der Waals surface area contributed by atoms with Gasteiger partial charge in [-0.1, -0.05) is 35.2 Å². The summed E-state index contributed by atoms with van der Waals surface area (Å²) in [5.74, 6) is 0.0139. The fourth-order valence-electron chi connectivity index (χ4n) is 3.55. The van der Waals surface area contributed by atoms with E-state index < -0.39 is 6.04 Å². The minimum Gasteiger partial charge on any atom is -0.461 e. The lowest BCUT2D eigenvalue weighted by atomic mass is 9.83. The molecule has 1 atom stereocenters. The minimum atomic E-state index is -0.441. The quantitative estimate of drug-likeness (QED) is 0.546. The molecule has 2 fully saturated rings. The average molecular weight is 374 g/mol. The van der Waals surface area contributed by atoms with Crippen molar-refractivity contribution in [2.24, 2.45) is 5.92 Å². The smallest absolute Gasteiger partial charge is 0.329 e. The molecule has 0 aromatic rings. The van der Waals surface area contributed by atoms with Gasteiger partial charge in [0.1, 0.15) is 12.1 Å². The Labute approximate surface area is 141 Å². The number of nitrogens with one attached hydrogen (secondary N) is 1. The van der Waals surface area contributed by atoms with Crippen LogP contribution in [-0.4, -0.2) is 29.4 Å². The Morgan fingerprint density at radius 3 is 2.32 bits per heavy atom. The molecule has 4 nitrogen and oxygen atoms in total. The fourth-order valence-corrected chi connectivity index (χ4v) is 3.83. The van der Waals surface area contributed by atoms with Crippen molar-refractivity contribution in [3.8, 4) is 0 Å². The third-order valence-corrected chi connectivity index (χ3v) is 5.37. The molecule has 1 unspecified atom stereocenters. The van der Waals surface area contributed by atoms with Crippen LogP contribution in [-0.2, 0) is 14.3 Å². The van der Waals surface area contributed by atoms with Crippen molar-refractivity contribution in [2.45, 2.75) is 82.8 Å². The number of alkyl halides is 1. The molecular formula is C17H28BrNO3. The summed E-state index contributed by atoms with van der Waals surface area (Å²) in [5.41, 5.74) is 0. The highest BCUT2D eigenvalue weighted by molar-refractivity contribution is 9.09. The standard InChI is InChI=1S/C17H28BrNO3/c18-12-6-11-15(20)19-16(13-7-2-1-3-8-13)17(21)22-14-9-4-5-10-14/h13-14,16H,1-12H2,(H,19,20). The van der Waals surface area contributed by atoms with Crippen LogP contribution in [0, 0.1) is 5.92 Å². The van der Waals surface area contributed by atoms with Gasteiger partial charge in [0.15, 0.2) is 0 Å². The van der Waals surface area contributed by atoms with Gasteiger partial charge in [-0.3, -0.25) is 4.79 Å². The zero-order chi connectivity index (χ0) is 15.8. The third-order valence-electron chi connectivity index (χ3n) is 4.81. The van der Waals surface area contributed by atoms with Crippen molar-refractivity contribution < 1.29 is 14.3 Å². The second-order valence-electron chi connectivity index (χ2n) is 6.58. The molecule has 0 bridgehead atoms. The number of hydrogen-bond acceptors (Lipinski definition) is 3. The summed E-state index contributed by atoms with van der Waals surface area (Å²) >= 11 is 3.34. The molecule has 2 saturated carbocycles. The van der Waals surface area contributed by atoms with Crippen molar-refractivity contribution >= 4 is 27.8 Å². The van der Waals surface area contributed by atoms with Crippen LogP contribution in [0.1, 0.15) is 70.6 Å². The number of ether oxygens (including phenoxy) is 1. The Bertz CT molecular complexity index is 363. The van der Waals surface area contributed by atoms with Crippen LogP contribution in [0.4, 0.5) is 0 Å². The molecule has 0 heterocycles. The molecule has 0 aliphatic heterocycles. The van der Waals surface area contributed by atoms with Crippen molar-refractivity contribution in [2.75, 3.05) is 5.33 Å². The normalized spacial score (nSPS) is 21.5. The summed E-state index contributed by atoms with van der Waals surface area (Å²) in [4.78, 5) is 24.6. The van der Waals surface area contributed by atoms with Gasteiger partial charge >= 0.3 is 5.97 Å². The molecule has 0 saturated heterocycles. The van der Waals surface area contributed by atoms with Gasteiger partial charge in [0, 0.05) is 11.8 Å². The van der Waals surface area contributed by atoms with Crippen LogP contribution in [0.5, 0.6) is 0 Å². The number of hydrogen-bond donors (Lipinski definition) is 1. The first-order chi connectivity index (χ1) is 10.7. The highest BCUT2D eigenvalue weighted by Gasteiger charge is 2.33. The summed E-state index contributed by atoms with van der Waals surface area (Å²) in [6, 6.07) is -0.441. The van der Waals surface area contributed by atoms with Gasteiger partial charge in [0.25, 0.3) is 0 Å². The highest BCUT2D eigenvalue weighted by atomic mass is 79.9. The first-order valence-corrected chi connectivity index (χ1v) is 9.88. The van der Waals surface area contributed by atoms with E-state index in [1.54, 1.807) is 0 Å². The lowest BCUT2D eigenvalue weighted by Crippen LogP contribution is -2.48. The maximum absolute atomic E-state index is 12.6. The molecule has 0 radical (unpaired) electrons. The van der Waals surface area contributed by atoms with Gasteiger partial charge in [0.05, 0.1) is 0 Å². The number of halogens is 1. The highest BCUT2D eigenvalue weighted by Crippen LogP contribution is 2.28. The zero-order valence-corrected chi connectivity index (χ0v) is 14.9. The van der Waals surface area contributed by atoms with Gasteiger partial charge in [0.2, 0.25) is 5.91 Å². The Morgan fingerprint density at radius 1 is 1.05 bits per heavy atom. The van der Waals surface area contributed by atoms with Gasteiger partial charge in [-0.25, -0.2) is 4.79 Å². The molecule has 2 aliphatic carbocycles. The van der Waals surface area contributed by atoms with Gasteiger partial charge in [-0.15, -0.1) is 0 Å². The van der Waals surface area contributed by atoms with E-state index in [4.69, 9.17) is 4.74 Å². The Kier molecular flexibility index (Phi) is 7.70. The maximum atomic E-state index is 12.6. The lowest BCUT2D eigenvalue weighted by Gasteiger charge is -2.30. The van der Waals surface area contributed by atoms with E-state index >= 15 is 0 Å². The topological polar surface area (TPSA) is 55.4 Å². The molecule has 1 amide bonds. The number of carbonyl (C=O) groups excluding carboxylic acids is 2. The first kappa shape index (κ1) is 17.8. The third kappa shape index (κ3) is 5.56. The summed E-state index contributed by atoms with van der Waals surface area (Å²) in [7, 11) is 0. The Balaban J connectivity index is 1.92. The molecule has 0 aromatic carbocycles. The van der Waals surface area contributed by atoms with E-state index in [0.717, 1.165) is 63.1 Å². The van der Waals surface area contributed by atoms with E-state index in [1.165, 1.54) is 6.42 Å². The molecule has 0 aromatic heterocycles. The van der Waals surface area contributed by atoms with Gasteiger partial charge in [-0.2, -0.15) is 0 Å². The van der Waals surface area contributed by atoms with Crippen LogP contribution >= 0.6 is 15.9 Å². The van der Waals surface area contributed by atoms with E-state index in [9.17, 15) is 9.59 Å². The number of esters is 1. The zero-order valence-electron chi connectivity index (χ0n) is 13.3. The first-order valence-electron chi connectivity index (χ1n) is 8.76. The lowest BCUT2D eigenvalue weighted by molar-refractivity contribution is -0.154. The molecule has 5 heteroatoms. The van der Waals surface area contributed by atoms with Gasteiger partial charge in [-0.05, 0) is 50.9 Å². The van der Waals surface area contributed by atoms with Crippen molar-refractivity contribution in [3.05, 3.63) is 0 Å². The summed E-state index contributed by atoms with van der Waals surface area (Å²) in [6.45, 7) is 0. The van der Waals surface area contributed by atoms with Gasteiger partial charge < -0.3 is 10.1 Å². The predicted molar refractivity (Wildman–Crippen MR) is 89.9 cm³/mol. The maximum Gasteiger partial charge on any atom is 0.329 e. The predicted octanol–water partition coefficient (Wildman–Crippen LogP) is 3.71. The van der Waals surface area contributed by atoms with E-state index in [-0.39, 0.29) is 23.9 Å². The fraction of sp³-hybridized carbons (Fsp3) is 0.882. The molecular weight excluding hydrogens is 346 g/mol. The van der Waals surface area contributed by atoms with Crippen LogP contribution in [0.2, 0.25) is 0 Å². The molecule has 1 N–H and O–H groups in total. The summed E-state index contributed by atoms with van der Waals surface area (Å²) < 4.78 is 5.67. The van der Waals surface area contributed by atoms with Crippen molar-refractivity contribution in [1.29, 1.82) is 0 Å². The number of carbonyl (C=O) groups is 2. The second-order valence-corrected chi connectivity index (χ2v) is 7.37. The van der Waals surface area contributed by atoms with E-state index in [0.29, 0.717) is 6.42 Å². The largest absolute Gasteiger partial charge is 0.461 e. The molecule has 2 rings (SSSR count). The Hall–Kier alpha value is -0.580. The Morgan fingerprint density at radius 2 is 1.68 bits per heavy atom. The van der Waals surface area contributed by atoms with Crippen LogP contribution in [0.3, 0.4) is 0 Å². The van der Waals surface area contributed by atoms with Crippen molar-refractivity contribution in [1.82, 2.24) is 5.32 Å². The molecule has 2 aliphatic rings. The SMILES string of the molecule is O=C(CCCBr)NC(C(=O)OC1CCCC1)C1CCCCC1. The second kappa shape index (κ2) is 9.53. The van der Waals surface area contributed by atoms with Crippen molar-refractivity contribution in [3.63, 3.8) is 0 Å². The number of amides is 1. The monoisotopic (exact) mass is 373 g/mol. The van der Waals surface area contributed by atoms with Crippen LogP contribution < -0.4 is 5.32 Å². The molecule has 0 spiro atoms. The molecule has 126 valence electrons. The number of rotatable bonds is 7. The summed E-state index contributed by atoms with van der Waals surface area (Å²) in [5, 5.41) is 3.77. The van der Waals surface area contributed by atoms with Crippen LogP contribution in [0.15, 0.2) is 0 Å². The summed E-state index contributed by atoms with van der Waals surface area (Å²) in [6.07, 6.45) is 11.1. The van der Waals surface area contributed by atoms with E-state index in [2.05, 4.69) is 21.2 Å². The van der Waals surface area contributed by atoms with Crippen LogP contribution in [0.25, 0.3) is 0 Å².